The van der Waals surface area contributed by atoms with Crippen molar-refractivity contribution >= 4 is 33.2 Å². The molecule has 0 spiro atoms. The van der Waals surface area contributed by atoms with Crippen molar-refractivity contribution < 1.29 is 22.0 Å². The Morgan fingerprint density at radius 3 is 2.73 bits per heavy atom. The number of oxazole rings is 1. The van der Waals surface area contributed by atoms with E-state index in [4.69, 9.17) is 20.8 Å². The van der Waals surface area contributed by atoms with E-state index in [1.165, 1.54) is 31.6 Å². The van der Waals surface area contributed by atoms with Gasteiger partial charge in [0.2, 0.25) is 5.95 Å². The molecule has 0 saturated heterocycles. The number of fused-ring (bicyclic) bond motifs is 1. The van der Waals surface area contributed by atoms with Crippen LogP contribution in [0.4, 0.5) is 10.3 Å². The smallest absolute Gasteiger partial charge is 0.306 e. The number of nitrogens with one attached hydrogen (secondary N) is 1. The largest absolute Gasteiger partial charge is 0.494 e. The summed E-state index contributed by atoms with van der Waals surface area (Å²) in [5.41, 5.74) is 2.30. The molecule has 0 amide bonds. The van der Waals surface area contributed by atoms with Crippen molar-refractivity contribution in [2.45, 2.75) is 11.3 Å². The number of anilines is 1. The summed E-state index contributed by atoms with van der Waals surface area (Å²) in [5.74, 6) is 0.223. The molecule has 0 aliphatic carbocycles. The predicted octanol–water partition coefficient (Wildman–Crippen LogP) is 5.13. The molecule has 190 valence electrons. The van der Waals surface area contributed by atoms with Crippen molar-refractivity contribution in [2.75, 3.05) is 24.7 Å². The minimum atomic E-state index is -3.44. The third-order valence-electron chi connectivity index (χ3n) is 5.63. The summed E-state index contributed by atoms with van der Waals surface area (Å²) >= 11 is 5.85. The molecular weight excluding hydrogens is 521 g/mol. The number of imidazole rings is 1. The highest BCUT2D eigenvalue weighted by Gasteiger charge is 2.21. The summed E-state index contributed by atoms with van der Waals surface area (Å²) in [6.07, 6.45) is 5.14. The van der Waals surface area contributed by atoms with Crippen LogP contribution in [0.15, 0.2) is 76.5 Å². The number of halogens is 2. The lowest BCUT2D eigenvalue weighted by molar-refractivity contribution is 0.387. The molecule has 0 fully saturated rings. The minimum Gasteiger partial charge on any atom is -0.494 e. The van der Waals surface area contributed by atoms with Gasteiger partial charge in [-0.15, -0.1) is 0 Å². The molecule has 12 heteroatoms. The van der Waals surface area contributed by atoms with E-state index in [1.807, 2.05) is 0 Å². The van der Waals surface area contributed by atoms with Crippen LogP contribution in [0.25, 0.3) is 28.5 Å². The maximum absolute atomic E-state index is 14.0. The molecule has 1 N–H and O–H groups in total. The highest BCUT2D eigenvalue weighted by Crippen LogP contribution is 2.34. The second-order valence-corrected chi connectivity index (χ2v) is 10.6. The molecule has 5 rings (SSSR count). The van der Waals surface area contributed by atoms with Crippen LogP contribution in [0.5, 0.6) is 5.75 Å². The third kappa shape index (κ3) is 5.13. The molecule has 0 aliphatic heterocycles. The highest BCUT2D eigenvalue weighted by molar-refractivity contribution is 7.91. The first kappa shape index (κ1) is 24.7. The third-order valence-corrected chi connectivity index (χ3v) is 7.70. The van der Waals surface area contributed by atoms with Crippen molar-refractivity contribution in [3.63, 3.8) is 0 Å². The Morgan fingerprint density at radius 1 is 1.14 bits per heavy atom. The van der Waals surface area contributed by atoms with Crippen molar-refractivity contribution in [3.8, 4) is 28.4 Å². The average Bonchev–Trinajstić information content (AvgIpc) is 3.49. The summed E-state index contributed by atoms with van der Waals surface area (Å²) in [4.78, 5) is 13.6. The Kier molecular flexibility index (Phi) is 6.81. The maximum atomic E-state index is 14.0. The fourth-order valence-electron chi connectivity index (χ4n) is 3.84. The molecular formula is C25H21ClFN5O4S. The zero-order valence-corrected chi connectivity index (χ0v) is 21.1. The van der Waals surface area contributed by atoms with Gasteiger partial charge < -0.3 is 14.5 Å². The normalized spacial score (nSPS) is 11.6. The molecule has 0 bridgehead atoms. The minimum absolute atomic E-state index is 0.0455. The van der Waals surface area contributed by atoms with Gasteiger partial charge in [-0.2, -0.15) is 4.98 Å². The Bertz CT molecular complexity index is 1670. The van der Waals surface area contributed by atoms with E-state index in [0.29, 0.717) is 52.4 Å². The predicted molar refractivity (Wildman–Crippen MR) is 137 cm³/mol. The topological polar surface area (TPSA) is 112 Å². The van der Waals surface area contributed by atoms with Crippen LogP contribution in [-0.2, 0) is 9.84 Å². The van der Waals surface area contributed by atoms with E-state index >= 15 is 0 Å². The van der Waals surface area contributed by atoms with Crippen LogP contribution >= 0.6 is 11.6 Å². The summed E-state index contributed by atoms with van der Waals surface area (Å²) < 4.78 is 51.4. The summed E-state index contributed by atoms with van der Waals surface area (Å²) in [7, 11) is -2.04. The van der Waals surface area contributed by atoms with Crippen molar-refractivity contribution in [3.05, 3.63) is 78.0 Å². The van der Waals surface area contributed by atoms with Gasteiger partial charge in [-0.1, -0.05) is 11.6 Å². The van der Waals surface area contributed by atoms with Crippen molar-refractivity contribution in [1.29, 1.82) is 0 Å². The lowest BCUT2D eigenvalue weighted by Crippen LogP contribution is -2.13. The van der Waals surface area contributed by atoms with E-state index in [0.717, 1.165) is 0 Å². The van der Waals surface area contributed by atoms with Gasteiger partial charge in [-0.25, -0.2) is 22.8 Å². The maximum Gasteiger partial charge on any atom is 0.306 e. The number of hydrogen-bond donors (Lipinski definition) is 1. The molecule has 3 aromatic heterocycles. The van der Waals surface area contributed by atoms with E-state index in [-0.39, 0.29) is 16.4 Å². The molecule has 2 aromatic carbocycles. The second kappa shape index (κ2) is 10.2. The summed E-state index contributed by atoms with van der Waals surface area (Å²) in [6.45, 7) is 0.339. The first-order valence-corrected chi connectivity index (χ1v) is 13.2. The fraction of sp³-hybridized carbons (Fsp3) is 0.160. The highest BCUT2D eigenvalue weighted by atomic mass is 35.5. The Labute approximate surface area is 216 Å². The average molecular weight is 542 g/mol. The van der Waals surface area contributed by atoms with E-state index < -0.39 is 15.7 Å². The van der Waals surface area contributed by atoms with Crippen LogP contribution in [0.1, 0.15) is 6.42 Å². The Hall–Kier alpha value is -3.96. The molecule has 37 heavy (non-hydrogen) atoms. The molecule has 9 nitrogen and oxygen atoms in total. The van der Waals surface area contributed by atoms with Gasteiger partial charge in [-0.05, 0) is 55.0 Å². The van der Waals surface area contributed by atoms with Gasteiger partial charge in [0, 0.05) is 29.5 Å². The van der Waals surface area contributed by atoms with Crippen LogP contribution in [0.2, 0.25) is 5.02 Å². The second-order valence-electron chi connectivity index (χ2n) is 8.03. The van der Waals surface area contributed by atoms with Gasteiger partial charge in [0.05, 0.1) is 23.5 Å². The Balaban J connectivity index is 1.36. The monoisotopic (exact) mass is 541 g/mol. The molecule has 0 unspecified atom stereocenters. The molecule has 0 radical (unpaired) electrons. The first-order valence-electron chi connectivity index (χ1n) is 11.2. The number of ether oxygens (including phenoxy) is 1. The summed E-state index contributed by atoms with van der Waals surface area (Å²) in [6, 6.07) is 12.3. The number of aromatic nitrogens is 4. The van der Waals surface area contributed by atoms with Crippen molar-refractivity contribution in [1.82, 2.24) is 19.4 Å². The lowest BCUT2D eigenvalue weighted by Gasteiger charge is -2.09. The van der Waals surface area contributed by atoms with Gasteiger partial charge in [0.15, 0.2) is 21.4 Å². The summed E-state index contributed by atoms with van der Waals surface area (Å²) in [5, 5.41) is 3.55. The zero-order valence-electron chi connectivity index (χ0n) is 19.6. The van der Waals surface area contributed by atoms with Crippen LogP contribution < -0.4 is 10.1 Å². The van der Waals surface area contributed by atoms with Gasteiger partial charge in [0.25, 0.3) is 0 Å². The number of rotatable bonds is 9. The van der Waals surface area contributed by atoms with Crippen LogP contribution in [0.3, 0.4) is 0 Å². The number of benzene rings is 2. The van der Waals surface area contributed by atoms with Gasteiger partial charge in [-0.3, -0.25) is 4.40 Å². The van der Waals surface area contributed by atoms with E-state index in [9.17, 15) is 12.8 Å². The van der Waals surface area contributed by atoms with Crippen LogP contribution in [0, 0.1) is 5.82 Å². The number of nitrogens with zero attached hydrogens (tertiary/aromatic N) is 4. The molecule has 3 heterocycles. The molecule has 0 atom stereocenters. The Morgan fingerprint density at radius 2 is 1.95 bits per heavy atom. The van der Waals surface area contributed by atoms with Crippen LogP contribution in [-0.4, -0.2) is 47.2 Å². The number of hydrogen-bond acceptors (Lipinski definition) is 8. The number of sulfone groups is 1. The van der Waals surface area contributed by atoms with Gasteiger partial charge in [0.1, 0.15) is 17.7 Å². The van der Waals surface area contributed by atoms with E-state index in [1.54, 1.807) is 47.1 Å². The van der Waals surface area contributed by atoms with Crippen molar-refractivity contribution in [2.24, 2.45) is 0 Å². The van der Waals surface area contributed by atoms with E-state index in [2.05, 4.69) is 20.3 Å². The molecule has 5 aromatic rings. The number of methoxy groups -OCH3 is 1. The quantitative estimate of drug-likeness (QED) is 0.256. The SMILES string of the molecule is COc1cc(-c2nc3occn3c2-c2ccnc(NCCCS(=O)(=O)c3ccc(Cl)cc3)n2)ccc1F. The fourth-order valence-corrected chi connectivity index (χ4v) is 5.27. The zero-order chi connectivity index (χ0) is 26.0. The van der Waals surface area contributed by atoms with Gasteiger partial charge >= 0.3 is 5.84 Å². The molecule has 0 saturated carbocycles. The standard InChI is InChI=1S/C25H21ClFN5O4S/c1-35-21-15-16(3-8-19(21)27)22-23(32-12-13-36-25(32)31-22)20-9-11-29-24(30-20)28-10-2-14-37(33,34)18-6-4-17(26)5-7-18/h3-9,11-13,15H,2,10,14H2,1H3,(H,28,29,30). The first-order chi connectivity index (χ1) is 17.9. The lowest BCUT2D eigenvalue weighted by atomic mass is 10.1. The molecule has 0 aliphatic rings.